The molecular weight excluding hydrogens is 166 g/mol. The van der Waals surface area contributed by atoms with E-state index in [2.05, 4.69) is 0 Å². The highest BCUT2D eigenvalue weighted by atomic mass is 16.3. The number of hydrogen-bond donors (Lipinski definition) is 2. The molecule has 0 aliphatic heterocycles. The number of aliphatic hydroxyl groups is 2. The van der Waals surface area contributed by atoms with E-state index in [0.29, 0.717) is 19.3 Å². The molecule has 0 bridgehead atoms. The maximum atomic E-state index is 10.00. The van der Waals surface area contributed by atoms with E-state index >= 15 is 0 Å². The van der Waals surface area contributed by atoms with Crippen molar-refractivity contribution in [2.75, 3.05) is 0 Å². The third-order valence-electron chi connectivity index (χ3n) is 3.41. The monoisotopic (exact) mass is 183 g/mol. The normalized spacial score (nSPS) is 44.7. The van der Waals surface area contributed by atoms with Crippen LogP contribution in [-0.4, -0.2) is 21.9 Å². The Kier molecular flexibility index (Phi) is 2.65. The standard InChI is InChI=1S/C10H17NO2/c1-3-5-9(2)8(12)4-6-10(9,13)7-11/h8,12-13H,3-6H2,1-2H3/t8-,9-,10+/m0/s1. The number of nitriles is 1. The molecule has 13 heavy (non-hydrogen) atoms. The summed E-state index contributed by atoms with van der Waals surface area (Å²) in [6.07, 6.45) is 1.94. The van der Waals surface area contributed by atoms with Crippen molar-refractivity contribution < 1.29 is 10.2 Å². The summed E-state index contributed by atoms with van der Waals surface area (Å²) in [5.41, 5.74) is -1.97. The van der Waals surface area contributed by atoms with Gasteiger partial charge < -0.3 is 10.2 Å². The van der Waals surface area contributed by atoms with E-state index in [-0.39, 0.29) is 0 Å². The van der Waals surface area contributed by atoms with Gasteiger partial charge >= 0.3 is 0 Å². The van der Waals surface area contributed by atoms with Gasteiger partial charge in [0.1, 0.15) is 0 Å². The van der Waals surface area contributed by atoms with Crippen LogP contribution in [0.25, 0.3) is 0 Å². The minimum atomic E-state index is -1.33. The van der Waals surface area contributed by atoms with Crippen LogP contribution < -0.4 is 0 Å². The van der Waals surface area contributed by atoms with E-state index in [1.54, 1.807) is 6.92 Å². The first-order valence-electron chi connectivity index (χ1n) is 4.82. The highest BCUT2D eigenvalue weighted by molar-refractivity contribution is 5.17. The zero-order chi connectivity index (χ0) is 10.1. The number of aliphatic hydroxyl groups excluding tert-OH is 1. The van der Waals surface area contributed by atoms with Gasteiger partial charge in [-0.25, -0.2) is 0 Å². The zero-order valence-electron chi connectivity index (χ0n) is 8.25. The van der Waals surface area contributed by atoms with Crippen LogP contribution >= 0.6 is 0 Å². The van der Waals surface area contributed by atoms with Crippen LogP contribution in [0.2, 0.25) is 0 Å². The predicted octanol–water partition coefficient (Wildman–Crippen LogP) is 1.20. The van der Waals surface area contributed by atoms with Crippen molar-refractivity contribution in [1.29, 1.82) is 5.26 Å². The van der Waals surface area contributed by atoms with Gasteiger partial charge in [-0.05, 0) is 19.3 Å². The lowest BCUT2D eigenvalue weighted by molar-refractivity contribution is -0.0596. The molecule has 1 fully saturated rings. The summed E-state index contributed by atoms with van der Waals surface area (Å²) in [7, 11) is 0. The van der Waals surface area contributed by atoms with Crippen LogP contribution in [0.5, 0.6) is 0 Å². The second kappa shape index (κ2) is 3.28. The minimum Gasteiger partial charge on any atom is -0.392 e. The summed E-state index contributed by atoms with van der Waals surface area (Å²) < 4.78 is 0. The van der Waals surface area contributed by atoms with Gasteiger partial charge in [0, 0.05) is 5.41 Å². The molecule has 0 unspecified atom stereocenters. The Labute approximate surface area is 79.0 Å². The van der Waals surface area contributed by atoms with E-state index in [9.17, 15) is 10.2 Å². The zero-order valence-corrected chi connectivity index (χ0v) is 8.25. The van der Waals surface area contributed by atoms with E-state index in [1.165, 1.54) is 0 Å². The summed E-state index contributed by atoms with van der Waals surface area (Å²) >= 11 is 0. The molecule has 0 radical (unpaired) electrons. The summed E-state index contributed by atoms with van der Waals surface area (Å²) in [6, 6.07) is 1.94. The van der Waals surface area contributed by atoms with Crippen molar-refractivity contribution in [3.05, 3.63) is 0 Å². The smallest absolute Gasteiger partial charge is 0.158 e. The summed E-state index contributed by atoms with van der Waals surface area (Å²) in [6.45, 7) is 3.80. The van der Waals surface area contributed by atoms with E-state index in [4.69, 9.17) is 5.26 Å². The molecule has 0 aromatic rings. The third-order valence-corrected chi connectivity index (χ3v) is 3.41. The fraction of sp³-hybridized carbons (Fsp3) is 0.900. The first-order valence-corrected chi connectivity index (χ1v) is 4.82. The molecule has 1 saturated carbocycles. The summed E-state index contributed by atoms with van der Waals surface area (Å²) in [4.78, 5) is 0. The largest absolute Gasteiger partial charge is 0.392 e. The number of rotatable bonds is 2. The van der Waals surface area contributed by atoms with Crippen molar-refractivity contribution in [2.24, 2.45) is 5.41 Å². The molecular formula is C10H17NO2. The molecule has 0 heterocycles. The molecule has 1 aliphatic rings. The van der Waals surface area contributed by atoms with Gasteiger partial charge in [0.05, 0.1) is 12.2 Å². The third kappa shape index (κ3) is 1.34. The van der Waals surface area contributed by atoms with Crippen LogP contribution in [0, 0.1) is 16.7 Å². The van der Waals surface area contributed by atoms with Gasteiger partial charge in [0.25, 0.3) is 0 Å². The number of nitrogens with zero attached hydrogens (tertiary/aromatic N) is 1. The van der Waals surface area contributed by atoms with Crippen molar-refractivity contribution in [2.45, 2.75) is 51.2 Å². The second-order valence-corrected chi connectivity index (χ2v) is 4.19. The molecule has 0 saturated heterocycles. The van der Waals surface area contributed by atoms with E-state index in [1.807, 2.05) is 13.0 Å². The molecule has 0 spiro atoms. The van der Waals surface area contributed by atoms with Gasteiger partial charge in [-0.2, -0.15) is 5.26 Å². The van der Waals surface area contributed by atoms with Gasteiger partial charge in [0.15, 0.2) is 5.60 Å². The Bertz CT molecular complexity index is 236. The number of hydrogen-bond acceptors (Lipinski definition) is 3. The van der Waals surface area contributed by atoms with E-state index < -0.39 is 17.1 Å². The topological polar surface area (TPSA) is 64.2 Å². The van der Waals surface area contributed by atoms with Gasteiger partial charge in [-0.15, -0.1) is 0 Å². The Hall–Kier alpha value is -0.590. The van der Waals surface area contributed by atoms with E-state index in [0.717, 1.165) is 6.42 Å². The molecule has 0 aromatic carbocycles. The molecule has 3 heteroatoms. The van der Waals surface area contributed by atoms with Crippen LogP contribution in [0.1, 0.15) is 39.5 Å². The Morgan fingerprint density at radius 2 is 2.23 bits per heavy atom. The van der Waals surface area contributed by atoms with Crippen LogP contribution in [0.3, 0.4) is 0 Å². The van der Waals surface area contributed by atoms with Gasteiger partial charge in [0.2, 0.25) is 0 Å². The molecule has 3 nitrogen and oxygen atoms in total. The average Bonchev–Trinajstić information content (AvgIpc) is 2.32. The highest BCUT2D eigenvalue weighted by Crippen LogP contribution is 2.49. The molecule has 1 aliphatic carbocycles. The SMILES string of the molecule is CCC[C@@]1(C)[C@@H](O)CC[C@@]1(O)C#N. The average molecular weight is 183 g/mol. The second-order valence-electron chi connectivity index (χ2n) is 4.19. The quantitative estimate of drug-likeness (QED) is 0.632. The molecule has 0 aromatic heterocycles. The molecule has 3 atom stereocenters. The van der Waals surface area contributed by atoms with Crippen molar-refractivity contribution in [1.82, 2.24) is 0 Å². The lowest BCUT2D eigenvalue weighted by atomic mass is 9.72. The fourth-order valence-electron chi connectivity index (χ4n) is 2.30. The van der Waals surface area contributed by atoms with Crippen molar-refractivity contribution >= 4 is 0 Å². The van der Waals surface area contributed by atoms with Gasteiger partial charge in [-0.3, -0.25) is 0 Å². The molecule has 74 valence electrons. The first-order chi connectivity index (χ1) is 6.00. The van der Waals surface area contributed by atoms with Crippen LogP contribution in [0.15, 0.2) is 0 Å². The highest BCUT2D eigenvalue weighted by Gasteiger charge is 2.56. The maximum Gasteiger partial charge on any atom is 0.158 e. The maximum absolute atomic E-state index is 10.00. The molecule has 2 N–H and O–H groups in total. The Balaban J connectivity index is 2.95. The molecule has 1 rings (SSSR count). The lowest BCUT2D eigenvalue weighted by Crippen LogP contribution is -2.45. The van der Waals surface area contributed by atoms with Gasteiger partial charge in [-0.1, -0.05) is 20.3 Å². The molecule has 0 amide bonds. The van der Waals surface area contributed by atoms with Crippen LogP contribution in [0.4, 0.5) is 0 Å². The fourth-order valence-corrected chi connectivity index (χ4v) is 2.30. The first kappa shape index (κ1) is 10.5. The Morgan fingerprint density at radius 3 is 2.69 bits per heavy atom. The van der Waals surface area contributed by atoms with Crippen LogP contribution in [-0.2, 0) is 0 Å². The summed E-state index contributed by atoms with van der Waals surface area (Å²) in [5.74, 6) is 0. The Morgan fingerprint density at radius 1 is 1.62 bits per heavy atom. The predicted molar refractivity (Wildman–Crippen MR) is 48.8 cm³/mol. The van der Waals surface area contributed by atoms with Crippen molar-refractivity contribution in [3.8, 4) is 6.07 Å². The summed E-state index contributed by atoms with van der Waals surface area (Å²) in [5, 5.41) is 28.6. The van der Waals surface area contributed by atoms with Crippen molar-refractivity contribution in [3.63, 3.8) is 0 Å². The lowest BCUT2D eigenvalue weighted by Gasteiger charge is -2.36. The minimum absolute atomic E-state index is 0.390.